The summed E-state index contributed by atoms with van der Waals surface area (Å²) >= 11 is 1.52. The first kappa shape index (κ1) is 19.2. The van der Waals surface area contributed by atoms with Gasteiger partial charge in [0.25, 0.3) is 0 Å². The SMILES string of the molecule is COC(CN)CC(=O)NCc1nnc(C(C)(C)C)s1.Cl. The van der Waals surface area contributed by atoms with Gasteiger partial charge in [0.1, 0.15) is 10.0 Å². The summed E-state index contributed by atoms with van der Waals surface area (Å²) in [5, 5.41) is 12.8. The van der Waals surface area contributed by atoms with Gasteiger partial charge in [0, 0.05) is 19.1 Å². The third kappa shape index (κ3) is 6.13. The maximum absolute atomic E-state index is 11.7. The van der Waals surface area contributed by atoms with E-state index in [1.807, 2.05) is 0 Å². The number of carbonyl (C=O) groups excluding carboxylic acids is 1. The Kier molecular flexibility index (Phi) is 8.19. The molecule has 1 unspecified atom stereocenters. The molecule has 1 aromatic heterocycles. The van der Waals surface area contributed by atoms with Crippen LogP contribution in [0.3, 0.4) is 0 Å². The van der Waals surface area contributed by atoms with Gasteiger partial charge in [-0.15, -0.1) is 22.6 Å². The molecule has 0 spiro atoms. The van der Waals surface area contributed by atoms with E-state index in [1.54, 1.807) is 7.11 Å². The summed E-state index contributed by atoms with van der Waals surface area (Å²) in [7, 11) is 1.55. The average Bonchev–Trinajstić information content (AvgIpc) is 2.82. The molecule has 0 bridgehead atoms. The number of hydrogen-bond donors (Lipinski definition) is 2. The zero-order valence-electron chi connectivity index (χ0n) is 12.3. The van der Waals surface area contributed by atoms with Gasteiger partial charge in [0.05, 0.1) is 19.1 Å². The van der Waals surface area contributed by atoms with Gasteiger partial charge < -0.3 is 15.8 Å². The number of aromatic nitrogens is 2. The van der Waals surface area contributed by atoms with Crippen LogP contribution in [0.4, 0.5) is 0 Å². The molecule has 8 heteroatoms. The third-order valence-corrected chi connectivity index (χ3v) is 3.90. The van der Waals surface area contributed by atoms with Gasteiger partial charge in [0.15, 0.2) is 0 Å². The third-order valence-electron chi connectivity index (χ3n) is 2.55. The van der Waals surface area contributed by atoms with Crippen LogP contribution in [0.15, 0.2) is 0 Å². The molecule has 1 atom stereocenters. The van der Waals surface area contributed by atoms with Gasteiger partial charge in [-0.05, 0) is 0 Å². The summed E-state index contributed by atoms with van der Waals surface area (Å²) in [6.45, 7) is 6.98. The second-order valence-electron chi connectivity index (χ2n) is 5.33. The molecule has 116 valence electrons. The number of halogens is 1. The lowest BCUT2D eigenvalue weighted by atomic mass is 9.98. The van der Waals surface area contributed by atoms with Gasteiger partial charge in [-0.2, -0.15) is 0 Å². The Morgan fingerprint density at radius 1 is 1.45 bits per heavy atom. The van der Waals surface area contributed by atoms with E-state index in [9.17, 15) is 4.79 Å². The highest BCUT2D eigenvalue weighted by atomic mass is 35.5. The number of hydrogen-bond acceptors (Lipinski definition) is 6. The van der Waals surface area contributed by atoms with Gasteiger partial charge in [0.2, 0.25) is 5.91 Å². The van der Waals surface area contributed by atoms with Crippen LogP contribution in [0.5, 0.6) is 0 Å². The van der Waals surface area contributed by atoms with E-state index < -0.39 is 0 Å². The minimum atomic E-state index is -0.237. The van der Waals surface area contributed by atoms with Crippen LogP contribution in [-0.2, 0) is 21.5 Å². The van der Waals surface area contributed by atoms with Gasteiger partial charge in [-0.25, -0.2) is 0 Å². The highest BCUT2D eigenvalue weighted by Gasteiger charge is 2.19. The second kappa shape index (κ2) is 8.51. The second-order valence-corrected chi connectivity index (χ2v) is 6.39. The molecular weight excluding hydrogens is 300 g/mol. The lowest BCUT2D eigenvalue weighted by molar-refractivity contribution is -0.123. The highest BCUT2D eigenvalue weighted by molar-refractivity contribution is 7.11. The average molecular weight is 323 g/mol. The smallest absolute Gasteiger partial charge is 0.223 e. The summed E-state index contributed by atoms with van der Waals surface area (Å²) < 4.78 is 5.06. The fraction of sp³-hybridized carbons (Fsp3) is 0.750. The van der Waals surface area contributed by atoms with Crippen molar-refractivity contribution < 1.29 is 9.53 Å². The standard InChI is InChI=1S/C12H22N4O2S.ClH/c1-12(2,3)11-16-15-10(19-11)7-14-9(17)5-8(6-13)18-4;/h8H,5-7,13H2,1-4H3,(H,14,17);1H. The first-order valence-corrected chi connectivity index (χ1v) is 7.01. The van der Waals surface area contributed by atoms with E-state index in [0.29, 0.717) is 13.1 Å². The molecule has 0 radical (unpaired) electrons. The number of nitrogens with one attached hydrogen (secondary N) is 1. The Morgan fingerprint density at radius 2 is 2.10 bits per heavy atom. The number of carbonyl (C=O) groups is 1. The maximum Gasteiger partial charge on any atom is 0.223 e. The predicted molar refractivity (Wildman–Crippen MR) is 82.2 cm³/mol. The molecule has 1 amide bonds. The van der Waals surface area contributed by atoms with Crippen molar-refractivity contribution in [2.24, 2.45) is 5.73 Å². The summed E-state index contributed by atoms with van der Waals surface area (Å²) in [5.41, 5.74) is 5.45. The van der Waals surface area contributed by atoms with E-state index in [-0.39, 0.29) is 36.3 Å². The topological polar surface area (TPSA) is 90.1 Å². The molecule has 1 rings (SSSR count). The summed E-state index contributed by atoms with van der Waals surface area (Å²) in [4.78, 5) is 11.7. The summed E-state index contributed by atoms with van der Waals surface area (Å²) in [6, 6.07) is 0. The molecular formula is C12H23ClN4O2S. The van der Waals surface area contributed by atoms with Gasteiger partial charge >= 0.3 is 0 Å². The van der Waals surface area contributed by atoms with Gasteiger partial charge in [-0.3, -0.25) is 4.79 Å². The van der Waals surface area contributed by atoms with Crippen molar-refractivity contribution in [3.05, 3.63) is 10.0 Å². The molecule has 0 fully saturated rings. The van der Waals surface area contributed by atoms with Crippen LogP contribution >= 0.6 is 23.7 Å². The molecule has 0 saturated carbocycles. The predicted octanol–water partition coefficient (Wildman–Crippen LogP) is 1.24. The Labute approximate surface area is 129 Å². The lowest BCUT2D eigenvalue weighted by Gasteiger charge is -2.12. The van der Waals surface area contributed by atoms with Crippen molar-refractivity contribution >= 4 is 29.7 Å². The van der Waals surface area contributed by atoms with Crippen LogP contribution in [0, 0.1) is 0 Å². The van der Waals surface area contributed by atoms with E-state index >= 15 is 0 Å². The first-order valence-electron chi connectivity index (χ1n) is 6.19. The zero-order valence-corrected chi connectivity index (χ0v) is 13.9. The number of rotatable bonds is 6. The molecule has 6 nitrogen and oxygen atoms in total. The number of nitrogens with zero attached hydrogens (tertiary/aromatic N) is 2. The molecule has 0 aliphatic rings. The maximum atomic E-state index is 11.7. The lowest BCUT2D eigenvalue weighted by Crippen LogP contribution is -2.31. The Morgan fingerprint density at radius 3 is 2.55 bits per heavy atom. The monoisotopic (exact) mass is 322 g/mol. The largest absolute Gasteiger partial charge is 0.380 e. The highest BCUT2D eigenvalue weighted by Crippen LogP contribution is 2.25. The molecule has 20 heavy (non-hydrogen) atoms. The van der Waals surface area contributed by atoms with Crippen LogP contribution in [-0.4, -0.2) is 35.9 Å². The van der Waals surface area contributed by atoms with Crippen molar-refractivity contribution in [1.82, 2.24) is 15.5 Å². The van der Waals surface area contributed by atoms with Crippen molar-refractivity contribution in [2.75, 3.05) is 13.7 Å². The Hall–Kier alpha value is -0.760. The normalized spacial score (nSPS) is 12.7. The molecule has 3 N–H and O–H groups in total. The molecule has 0 aliphatic carbocycles. The number of ether oxygens (including phenoxy) is 1. The molecule has 0 saturated heterocycles. The molecule has 1 aromatic rings. The first-order chi connectivity index (χ1) is 8.86. The van der Waals surface area contributed by atoms with Gasteiger partial charge in [-0.1, -0.05) is 32.1 Å². The van der Waals surface area contributed by atoms with E-state index in [2.05, 4.69) is 36.3 Å². The van der Waals surface area contributed by atoms with Crippen LogP contribution in [0.1, 0.15) is 37.2 Å². The van der Waals surface area contributed by atoms with E-state index in [1.165, 1.54) is 11.3 Å². The van der Waals surface area contributed by atoms with Crippen LogP contribution in [0.25, 0.3) is 0 Å². The Balaban J connectivity index is 0.00000361. The minimum absolute atomic E-state index is 0. The quantitative estimate of drug-likeness (QED) is 0.822. The molecule has 0 aliphatic heterocycles. The molecule has 0 aromatic carbocycles. The minimum Gasteiger partial charge on any atom is -0.380 e. The number of nitrogens with two attached hydrogens (primary N) is 1. The fourth-order valence-electron chi connectivity index (χ4n) is 1.34. The number of methoxy groups -OCH3 is 1. The fourth-order valence-corrected chi connectivity index (χ4v) is 2.18. The number of amides is 1. The van der Waals surface area contributed by atoms with Crippen molar-refractivity contribution in [3.8, 4) is 0 Å². The summed E-state index contributed by atoms with van der Waals surface area (Å²) in [5.74, 6) is -0.0928. The molecule has 1 heterocycles. The van der Waals surface area contributed by atoms with E-state index in [0.717, 1.165) is 10.0 Å². The van der Waals surface area contributed by atoms with Crippen molar-refractivity contribution in [2.45, 2.75) is 45.3 Å². The van der Waals surface area contributed by atoms with Crippen LogP contribution in [0.2, 0.25) is 0 Å². The Bertz CT molecular complexity index is 416. The van der Waals surface area contributed by atoms with E-state index in [4.69, 9.17) is 10.5 Å². The zero-order chi connectivity index (χ0) is 14.5. The van der Waals surface area contributed by atoms with Crippen molar-refractivity contribution in [1.29, 1.82) is 0 Å². The summed E-state index contributed by atoms with van der Waals surface area (Å²) in [6.07, 6.45) is 0.0253. The van der Waals surface area contributed by atoms with Crippen LogP contribution < -0.4 is 11.1 Å². The van der Waals surface area contributed by atoms with Crippen molar-refractivity contribution in [3.63, 3.8) is 0 Å².